The van der Waals surface area contributed by atoms with Crippen LogP contribution >= 0.6 is 24.0 Å². The third kappa shape index (κ3) is 10.4. The molecule has 1 saturated heterocycles. The molecule has 0 spiro atoms. The maximum atomic E-state index is 12.5. The molecule has 0 radical (unpaired) electrons. The molecule has 1 atom stereocenters. The van der Waals surface area contributed by atoms with Gasteiger partial charge in [-0.25, -0.2) is 4.99 Å². The van der Waals surface area contributed by atoms with Crippen LogP contribution in [0.3, 0.4) is 0 Å². The van der Waals surface area contributed by atoms with Crippen LogP contribution in [0.2, 0.25) is 0 Å². The first kappa shape index (κ1) is 25.8. The van der Waals surface area contributed by atoms with Crippen LogP contribution in [0.5, 0.6) is 5.75 Å². The Labute approximate surface area is 187 Å². The van der Waals surface area contributed by atoms with Crippen molar-refractivity contribution < 1.29 is 22.6 Å². The second-order valence-electron chi connectivity index (χ2n) is 6.75. The van der Waals surface area contributed by atoms with Crippen molar-refractivity contribution in [2.75, 3.05) is 45.9 Å². The summed E-state index contributed by atoms with van der Waals surface area (Å²) in [6, 6.07) is 6.04. The molecular weight excluding hydrogens is 500 g/mol. The van der Waals surface area contributed by atoms with Crippen molar-refractivity contribution in [3.63, 3.8) is 0 Å². The van der Waals surface area contributed by atoms with Crippen molar-refractivity contribution in [3.8, 4) is 5.75 Å². The lowest BCUT2D eigenvalue weighted by Crippen LogP contribution is -2.44. The number of para-hydroxylation sites is 1. The molecule has 166 valence electrons. The van der Waals surface area contributed by atoms with E-state index in [1.165, 1.54) is 12.1 Å². The zero-order valence-electron chi connectivity index (χ0n) is 16.8. The van der Waals surface area contributed by atoms with Crippen LogP contribution in [0.15, 0.2) is 29.3 Å². The van der Waals surface area contributed by atoms with Gasteiger partial charge in [0, 0.05) is 38.3 Å². The quantitative estimate of drug-likeness (QED) is 0.307. The molecule has 10 heteroatoms. The van der Waals surface area contributed by atoms with Crippen molar-refractivity contribution in [3.05, 3.63) is 29.8 Å². The van der Waals surface area contributed by atoms with E-state index in [0.717, 1.165) is 32.8 Å². The highest BCUT2D eigenvalue weighted by molar-refractivity contribution is 14.0. The molecule has 1 aromatic carbocycles. The largest absolute Gasteiger partial charge is 0.573 e. The van der Waals surface area contributed by atoms with E-state index in [-0.39, 0.29) is 36.3 Å². The normalized spacial score (nSPS) is 16.7. The minimum atomic E-state index is -4.72. The van der Waals surface area contributed by atoms with Gasteiger partial charge in [0.2, 0.25) is 0 Å². The average molecular weight is 530 g/mol. The summed E-state index contributed by atoms with van der Waals surface area (Å²) >= 11 is 0. The van der Waals surface area contributed by atoms with E-state index in [1.54, 1.807) is 12.1 Å². The predicted molar refractivity (Wildman–Crippen MR) is 118 cm³/mol. The maximum Gasteiger partial charge on any atom is 0.573 e. The smallest absolute Gasteiger partial charge is 0.405 e. The highest BCUT2D eigenvalue weighted by atomic mass is 127. The van der Waals surface area contributed by atoms with Crippen molar-refractivity contribution in [2.24, 2.45) is 10.9 Å². The topological polar surface area (TPSA) is 58.1 Å². The van der Waals surface area contributed by atoms with Gasteiger partial charge in [0.1, 0.15) is 5.75 Å². The summed E-state index contributed by atoms with van der Waals surface area (Å²) in [4.78, 5) is 6.77. The second kappa shape index (κ2) is 13.1. The third-order valence-electron chi connectivity index (χ3n) is 4.24. The molecule has 0 bridgehead atoms. The summed E-state index contributed by atoms with van der Waals surface area (Å²) in [7, 11) is 0. The summed E-state index contributed by atoms with van der Waals surface area (Å²) < 4.78 is 47.1. The molecule has 1 aliphatic rings. The Kier molecular flexibility index (Phi) is 11.7. The number of alkyl halides is 3. The van der Waals surface area contributed by atoms with Crippen LogP contribution in [0.1, 0.15) is 19.4 Å². The molecule has 2 rings (SSSR count). The number of benzene rings is 1. The minimum absolute atomic E-state index is 0. The molecule has 1 aromatic rings. The Morgan fingerprint density at radius 2 is 1.93 bits per heavy atom. The van der Waals surface area contributed by atoms with E-state index in [4.69, 9.17) is 4.74 Å². The first-order valence-electron chi connectivity index (χ1n) is 9.53. The van der Waals surface area contributed by atoms with Gasteiger partial charge in [-0.05, 0) is 18.9 Å². The first-order chi connectivity index (χ1) is 13.4. The summed E-state index contributed by atoms with van der Waals surface area (Å²) in [6.45, 7) is 9.91. The Bertz CT molecular complexity index is 626. The Morgan fingerprint density at radius 3 is 2.59 bits per heavy atom. The number of hydrogen-bond acceptors (Lipinski definition) is 4. The van der Waals surface area contributed by atoms with Gasteiger partial charge in [-0.3, -0.25) is 4.90 Å². The standard InChI is InChI=1S/C19H29F3N4O2.HI/c1-3-23-18(24-12-15(2)14-26-8-10-27-11-9-26)25-13-16-6-4-5-7-17(16)28-19(20,21)22;/h4-7,15H,3,8-14H2,1-2H3,(H2,23,24,25);1H. The number of nitrogens with zero attached hydrogens (tertiary/aromatic N) is 2. The minimum Gasteiger partial charge on any atom is -0.405 e. The lowest BCUT2D eigenvalue weighted by molar-refractivity contribution is -0.274. The fraction of sp³-hybridized carbons (Fsp3) is 0.632. The van der Waals surface area contributed by atoms with Gasteiger partial charge in [0.15, 0.2) is 5.96 Å². The van der Waals surface area contributed by atoms with E-state index in [0.29, 0.717) is 30.5 Å². The molecule has 0 amide bonds. The number of ether oxygens (including phenoxy) is 2. The number of nitrogens with one attached hydrogen (secondary N) is 2. The van der Waals surface area contributed by atoms with Crippen LogP contribution in [-0.4, -0.2) is 63.2 Å². The number of morpholine rings is 1. The Morgan fingerprint density at radius 1 is 1.24 bits per heavy atom. The Hall–Kier alpha value is -1.27. The van der Waals surface area contributed by atoms with Crippen LogP contribution < -0.4 is 15.4 Å². The molecule has 1 fully saturated rings. The molecule has 1 aliphatic heterocycles. The third-order valence-corrected chi connectivity index (χ3v) is 4.24. The number of aliphatic imine (C=N–C) groups is 1. The lowest BCUT2D eigenvalue weighted by Gasteiger charge is -2.29. The van der Waals surface area contributed by atoms with Gasteiger partial charge in [-0.1, -0.05) is 25.1 Å². The SMILES string of the molecule is CCNC(=NCc1ccccc1OC(F)(F)F)NCC(C)CN1CCOCC1.I. The second-order valence-corrected chi connectivity index (χ2v) is 6.75. The van der Waals surface area contributed by atoms with Crippen molar-refractivity contribution in [1.82, 2.24) is 15.5 Å². The summed E-state index contributed by atoms with van der Waals surface area (Å²) in [5.74, 6) is 0.733. The monoisotopic (exact) mass is 530 g/mol. The fourth-order valence-electron chi connectivity index (χ4n) is 2.92. The predicted octanol–water partition coefficient (Wildman–Crippen LogP) is 3.23. The molecule has 0 aromatic heterocycles. The van der Waals surface area contributed by atoms with Crippen molar-refractivity contribution in [2.45, 2.75) is 26.8 Å². The molecule has 2 N–H and O–H groups in total. The van der Waals surface area contributed by atoms with Gasteiger partial charge in [-0.15, -0.1) is 37.1 Å². The van der Waals surface area contributed by atoms with Gasteiger partial charge in [-0.2, -0.15) is 0 Å². The summed E-state index contributed by atoms with van der Waals surface area (Å²) in [5, 5.41) is 6.39. The van der Waals surface area contributed by atoms with E-state index in [2.05, 4.69) is 32.2 Å². The molecule has 0 saturated carbocycles. The summed E-state index contributed by atoms with van der Waals surface area (Å²) in [5.41, 5.74) is 0.374. The van der Waals surface area contributed by atoms with Crippen LogP contribution in [0.4, 0.5) is 13.2 Å². The highest BCUT2D eigenvalue weighted by Crippen LogP contribution is 2.26. The van der Waals surface area contributed by atoms with Gasteiger partial charge in [0.25, 0.3) is 0 Å². The van der Waals surface area contributed by atoms with Gasteiger partial charge < -0.3 is 20.1 Å². The molecule has 1 unspecified atom stereocenters. The molecule has 29 heavy (non-hydrogen) atoms. The summed E-state index contributed by atoms with van der Waals surface area (Å²) in [6.07, 6.45) is -4.72. The Balaban J connectivity index is 0.00000420. The van der Waals surface area contributed by atoms with Gasteiger partial charge in [0.05, 0.1) is 19.8 Å². The molecule has 1 heterocycles. The zero-order valence-corrected chi connectivity index (χ0v) is 19.1. The first-order valence-corrected chi connectivity index (χ1v) is 9.53. The zero-order chi connectivity index (χ0) is 20.4. The number of guanidine groups is 1. The van der Waals surface area contributed by atoms with Crippen LogP contribution in [0, 0.1) is 5.92 Å². The van der Waals surface area contributed by atoms with E-state index in [9.17, 15) is 13.2 Å². The fourth-order valence-corrected chi connectivity index (χ4v) is 2.92. The number of halogens is 4. The van der Waals surface area contributed by atoms with Crippen molar-refractivity contribution >= 4 is 29.9 Å². The average Bonchev–Trinajstić information content (AvgIpc) is 2.64. The van der Waals surface area contributed by atoms with E-state index < -0.39 is 6.36 Å². The van der Waals surface area contributed by atoms with E-state index in [1.807, 2.05) is 6.92 Å². The number of hydrogen-bond donors (Lipinski definition) is 2. The van der Waals surface area contributed by atoms with E-state index >= 15 is 0 Å². The molecule has 0 aliphatic carbocycles. The number of rotatable bonds is 8. The van der Waals surface area contributed by atoms with Crippen molar-refractivity contribution in [1.29, 1.82) is 0 Å². The van der Waals surface area contributed by atoms with Crippen LogP contribution in [0.25, 0.3) is 0 Å². The maximum absolute atomic E-state index is 12.5. The molecular formula is C19H30F3IN4O2. The highest BCUT2D eigenvalue weighted by Gasteiger charge is 2.31. The van der Waals surface area contributed by atoms with Crippen LogP contribution in [-0.2, 0) is 11.3 Å². The lowest BCUT2D eigenvalue weighted by atomic mass is 10.1. The molecule has 6 nitrogen and oxygen atoms in total. The van der Waals surface area contributed by atoms with Gasteiger partial charge >= 0.3 is 6.36 Å².